The molecule has 0 saturated carbocycles. The molecule has 0 N–H and O–H groups in total. The number of aromatic nitrogens is 2. The van der Waals surface area contributed by atoms with Crippen molar-refractivity contribution in [3.8, 4) is 11.4 Å². The molecule has 1 aliphatic heterocycles. The molecule has 0 aliphatic carbocycles. The van der Waals surface area contributed by atoms with Crippen LogP contribution in [-0.4, -0.2) is 34.0 Å². The number of benzene rings is 2. The van der Waals surface area contributed by atoms with Crippen LogP contribution in [0.15, 0.2) is 59.1 Å². The Hall–Kier alpha value is -2.95. The minimum Gasteiger partial charge on any atom is -0.342 e. The first-order chi connectivity index (χ1) is 13.2. The zero-order chi connectivity index (χ0) is 18.6. The summed E-state index contributed by atoms with van der Waals surface area (Å²) in [4.78, 5) is 19.2. The molecule has 5 nitrogen and oxygen atoms in total. The molecule has 0 spiro atoms. The van der Waals surface area contributed by atoms with Gasteiger partial charge in [0.2, 0.25) is 17.6 Å². The minimum absolute atomic E-state index is 0.102. The summed E-state index contributed by atoms with van der Waals surface area (Å²) in [6, 6.07) is 18.0. The highest BCUT2D eigenvalue weighted by molar-refractivity contribution is 5.79. The Kier molecular flexibility index (Phi) is 5.01. The van der Waals surface area contributed by atoms with Crippen LogP contribution in [0.3, 0.4) is 0 Å². The van der Waals surface area contributed by atoms with Crippen LogP contribution < -0.4 is 0 Å². The summed E-state index contributed by atoms with van der Waals surface area (Å²) in [6.45, 7) is 3.48. The zero-order valence-electron chi connectivity index (χ0n) is 15.5. The number of carbonyl (C=O) groups excluding carboxylic acids is 1. The van der Waals surface area contributed by atoms with Crippen LogP contribution in [-0.2, 0) is 11.2 Å². The molecule has 0 unspecified atom stereocenters. The Bertz CT molecular complexity index is 903. The second kappa shape index (κ2) is 7.74. The Morgan fingerprint density at radius 1 is 1.15 bits per heavy atom. The first-order valence-electron chi connectivity index (χ1n) is 9.41. The summed E-state index contributed by atoms with van der Waals surface area (Å²) in [5.74, 6) is 1.50. The lowest BCUT2D eigenvalue weighted by Crippen LogP contribution is -2.40. The molecule has 27 heavy (non-hydrogen) atoms. The third-order valence-electron chi connectivity index (χ3n) is 5.07. The van der Waals surface area contributed by atoms with E-state index >= 15 is 0 Å². The Morgan fingerprint density at radius 2 is 1.93 bits per heavy atom. The fraction of sp³-hybridized carbons (Fsp3) is 0.318. The van der Waals surface area contributed by atoms with Gasteiger partial charge in [-0.3, -0.25) is 4.79 Å². The van der Waals surface area contributed by atoms with Gasteiger partial charge < -0.3 is 9.42 Å². The third-order valence-corrected chi connectivity index (χ3v) is 5.07. The fourth-order valence-corrected chi connectivity index (χ4v) is 3.51. The zero-order valence-corrected chi connectivity index (χ0v) is 15.5. The van der Waals surface area contributed by atoms with Crippen molar-refractivity contribution >= 4 is 5.91 Å². The fourth-order valence-electron chi connectivity index (χ4n) is 3.51. The Morgan fingerprint density at radius 3 is 2.70 bits per heavy atom. The topological polar surface area (TPSA) is 59.2 Å². The van der Waals surface area contributed by atoms with Crippen molar-refractivity contribution in [1.29, 1.82) is 0 Å². The lowest BCUT2D eigenvalue weighted by molar-refractivity contribution is -0.131. The van der Waals surface area contributed by atoms with Gasteiger partial charge in [-0.2, -0.15) is 4.98 Å². The van der Waals surface area contributed by atoms with Gasteiger partial charge in [-0.05, 0) is 25.3 Å². The summed E-state index contributed by atoms with van der Waals surface area (Å²) < 4.78 is 5.54. The number of carbonyl (C=O) groups is 1. The first-order valence-corrected chi connectivity index (χ1v) is 9.41. The van der Waals surface area contributed by atoms with Crippen molar-refractivity contribution in [2.45, 2.75) is 32.1 Å². The maximum atomic E-state index is 12.7. The standard InChI is InChI=1S/C22H23N3O2/c1-16-9-11-18(12-10-16)21-23-22(27-24-21)19-8-5-13-25(15-19)20(26)14-17-6-3-2-4-7-17/h2-4,6-7,9-12,19H,5,8,13-15H2,1H3/t19-/m1/s1. The number of aryl methyl sites for hydroxylation is 1. The van der Waals surface area contributed by atoms with Gasteiger partial charge in [-0.15, -0.1) is 0 Å². The second-order valence-corrected chi connectivity index (χ2v) is 7.16. The van der Waals surface area contributed by atoms with Gasteiger partial charge in [-0.1, -0.05) is 65.3 Å². The van der Waals surface area contributed by atoms with Gasteiger partial charge in [0.1, 0.15) is 0 Å². The summed E-state index contributed by atoms with van der Waals surface area (Å²) in [5, 5.41) is 4.14. The van der Waals surface area contributed by atoms with E-state index in [2.05, 4.69) is 17.1 Å². The first kappa shape index (κ1) is 17.5. The molecule has 1 saturated heterocycles. The largest absolute Gasteiger partial charge is 0.342 e. The van der Waals surface area contributed by atoms with Gasteiger partial charge in [0.15, 0.2) is 0 Å². The molecule has 4 rings (SSSR count). The van der Waals surface area contributed by atoms with E-state index in [1.54, 1.807) is 0 Å². The SMILES string of the molecule is Cc1ccc(-c2noc([C@@H]3CCCN(C(=O)Cc4ccccc4)C3)n2)cc1. The van der Waals surface area contributed by atoms with Crippen molar-refractivity contribution in [2.24, 2.45) is 0 Å². The van der Waals surface area contributed by atoms with E-state index in [-0.39, 0.29) is 11.8 Å². The average Bonchev–Trinajstić information content (AvgIpc) is 3.20. The number of nitrogens with zero attached hydrogens (tertiary/aromatic N) is 3. The molecule has 1 aliphatic rings. The van der Waals surface area contributed by atoms with Crippen LogP contribution in [0.25, 0.3) is 11.4 Å². The summed E-state index contributed by atoms with van der Waals surface area (Å²) >= 11 is 0. The van der Waals surface area contributed by atoms with Crippen LogP contribution >= 0.6 is 0 Å². The number of rotatable bonds is 4. The maximum Gasteiger partial charge on any atom is 0.231 e. The Labute approximate surface area is 159 Å². The molecule has 1 aromatic heterocycles. The van der Waals surface area contributed by atoms with E-state index in [9.17, 15) is 4.79 Å². The van der Waals surface area contributed by atoms with Crippen molar-refractivity contribution in [3.05, 3.63) is 71.6 Å². The molecule has 5 heteroatoms. The number of likely N-dealkylation sites (tertiary alicyclic amines) is 1. The normalized spacial score (nSPS) is 17.1. The van der Waals surface area contributed by atoms with Gasteiger partial charge in [0, 0.05) is 18.7 Å². The van der Waals surface area contributed by atoms with E-state index in [0.29, 0.717) is 24.7 Å². The van der Waals surface area contributed by atoms with Crippen molar-refractivity contribution < 1.29 is 9.32 Å². The molecular formula is C22H23N3O2. The number of amides is 1. The molecule has 1 fully saturated rings. The van der Waals surface area contributed by atoms with Crippen LogP contribution in [0.4, 0.5) is 0 Å². The predicted octanol–water partition coefficient (Wildman–Crippen LogP) is 3.99. The highest BCUT2D eigenvalue weighted by Gasteiger charge is 2.28. The van der Waals surface area contributed by atoms with Crippen LogP contribution in [0.5, 0.6) is 0 Å². The minimum atomic E-state index is 0.102. The monoisotopic (exact) mass is 361 g/mol. The van der Waals surface area contributed by atoms with Gasteiger partial charge in [-0.25, -0.2) is 0 Å². The summed E-state index contributed by atoms with van der Waals surface area (Å²) in [7, 11) is 0. The lowest BCUT2D eigenvalue weighted by Gasteiger charge is -2.31. The third kappa shape index (κ3) is 4.08. The number of hydrogen-bond acceptors (Lipinski definition) is 4. The van der Waals surface area contributed by atoms with E-state index in [1.165, 1.54) is 5.56 Å². The smallest absolute Gasteiger partial charge is 0.231 e. The second-order valence-electron chi connectivity index (χ2n) is 7.16. The molecular weight excluding hydrogens is 338 g/mol. The van der Waals surface area contributed by atoms with E-state index in [0.717, 1.165) is 30.5 Å². The molecule has 2 aromatic carbocycles. The maximum absolute atomic E-state index is 12.7. The molecule has 0 radical (unpaired) electrons. The van der Waals surface area contributed by atoms with E-state index in [1.807, 2.05) is 59.5 Å². The molecule has 0 bridgehead atoms. The molecule has 3 aromatic rings. The predicted molar refractivity (Wildman–Crippen MR) is 103 cm³/mol. The summed E-state index contributed by atoms with van der Waals surface area (Å²) in [5.41, 5.74) is 3.19. The quantitative estimate of drug-likeness (QED) is 0.705. The molecule has 1 amide bonds. The van der Waals surface area contributed by atoms with Crippen molar-refractivity contribution in [1.82, 2.24) is 15.0 Å². The van der Waals surface area contributed by atoms with Crippen molar-refractivity contribution in [2.75, 3.05) is 13.1 Å². The average molecular weight is 361 g/mol. The van der Waals surface area contributed by atoms with Crippen LogP contribution in [0, 0.1) is 6.92 Å². The van der Waals surface area contributed by atoms with Gasteiger partial charge >= 0.3 is 0 Å². The van der Waals surface area contributed by atoms with Crippen molar-refractivity contribution in [3.63, 3.8) is 0 Å². The number of hydrogen-bond donors (Lipinski definition) is 0. The van der Waals surface area contributed by atoms with Crippen LogP contribution in [0.1, 0.15) is 35.8 Å². The van der Waals surface area contributed by atoms with Gasteiger partial charge in [0.05, 0.1) is 12.3 Å². The van der Waals surface area contributed by atoms with E-state index < -0.39 is 0 Å². The number of piperidine rings is 1. The Balaban J connectivity index is 1.44. The highest BCUT2D eigenvalue weighted by Crippen LogP contribution is 2.28. The highest BCUT2D eigenvalue weighted by atomic mass is 16.5. The molecule has 2 heterocycles. The van der Waals surface area contributed by atoms with Crippen LogP contribution in [0.2, 0.25) is 0 Å². The summed E-state index contributed by atoms with van der Waals surface area (Å²) in [6.07, 6.45) is 2.35. The van der Waals surface area contributed by atoms with E-state index in [4.69, 9.17) is 4.52 Å². The van der Waals surface area contributed by atoms with Gasteiger partial charge in [0.25, 0.3) is 0 Å². The lowest BCUT2D eigenvalue weighted by atomic mass is 9.97. The molecule has 1 atom stereocenters. The molecule has 138 valence electrons.